The van der Waals surface area contributed by atoms with Gasteiger partial charge in [0.2, 0.25) is 3.79 Å². The number of rotatable bonds is 5. The van der Waals surface area contributed by atoms with Crippen molar-refractivity contribution in [3.63, 3.8) is 0 Å². The number of alkyl halides is 3. The molecule has 1 saturated heterocycles. The number of nitrogens with zero attached hydrogens (tertiary/aromatic N) is 3. The van der Waals surface area contributed by atoms with Crippen LogP contribution in [0.4, 0.5) is 10.5 Å². The molecule has 2 unspecified atom stereocenters. The molecule has 2 amide bonds. The molecule has 14 heteroatoms. The van der Waals surface area contributed by atoms with Crippen molar-refractivity contribution >= 4 is 81.8 Å². The van der Waals surface area contributed by atoms with Crippen LogP contribution in [0, 0.1) is 6.92 Å². The second-order valence-electron chi connectivity index (χ2n) is 7.70. The number of amides is 2. The van der Waals surface area contributed by atoms with E-state index in [2.05, 4.69) is 5.16 Å². The summed E-state index contributed by atoms with van der Waals surface area (Å²) in [4.78, 5) is 40.5. The van der Waals surface area contributed by atoms with Crippen LogP contribution in [0.1, 0.15) is 12.7 Å². The molecule has 3 heterocycles. The van der Waals surface area contributed by atoms with Gasteiger partial charge in [-0.05, 0) is 26.0 Å². The van der Waals surface area contributed by atoms with Crippen LogP contribution >= 0.6 is 58.2 Å². The largest absolute Gasteiger partial charge is 0.465 e. The molecule has 0 radical (unpaired) electrons. The van der Waals surface area contributed by atoms with Crippen molar-refractivity contribution in [1.29, 1.82) is 0 Å². The Labute approximate surface area is 223 Å². The third kappa shape index (κ3) is 4.95. The van der Waals surface area contributed by atoms with Crippen LogP contribution in [0.3, 0.4) is 0 Å². The van der Waals surface area contributed by atoms with Crippen LogP contribution in [0.5, 0.6) is 0 Å². The van der Waals surface area contributed by atoms with Gasteiger partial charge in [-0.1, -0.05) is 69.8 Å². The van der Waals surface area contributed by atoms with Crippen molar-refractivity contribution < 1.29 is 28.8 Å². The molecular weight excluding hydrogens is 564 g/mol. The highest BCUT2D eigenvalue weighted by Gasteiger charge is 2.58. The van der Waals surface area contributed by atoms with E-state index >= 15 is 0 Å². The number of carbonyl (C=O) groups excluding carboxylic acids is 2. The van der Waals surface area contributed by atoms with Gasteiger partial charge in [0.05, 0.1) is 5.02 Å². The van der Waals surface area contributed by atoms with Crippen LogP contribution < -0.4 is 4.90 Å². The van der Waals surface area contributed by atoms with Crippen molar-refractivity contribution in [1.82, 2.24) is 10.1 Å². The van der Waals surface area contributed by atoms with E-state index in [4.69, 9.17) is 55.7 Å². The van der Waals surface area contributed by atoms with Crippen molar-refractivity contribution in [3.05, 3.63) is 46.8 Å². The molecule has 1 N–H and O–H groups in total. The molecule has 0 saturated carbocycles. The molecule has 3 atom stereocenters. The van der Waals surface area contributed by atoms with Gasteiger partial charge in [-0.3, -0.25) is 14.6 Å². The Kier molecular flexibility index (Phi) is 7.23. The van der Waals surface area contributed by atoms with Gasteiger partial charge in [0.25, 0.3) is 5.91 Å². The molecule has 2 aromatic rings. The Balaban J connectivity index is 1.69. The number of aromatic nitrogens is 1. The molecule has 1 aromatic heterocycles. The van der Waals surface area contributed by atoms with Gasteiger partial charge >= 0.3 is 12.1 Å². The summed E-state index contributed by atoms with van der Waals surface area (Å²) in [5.41, 5.74) is 0.659. The normalized spacial score (nSPS) is 21.7. The predicted molar refractivity (Wildman–Crippen MR) is 133 cm³/mol. The highest BCUT2D eigenvalue weighted by Crippen LogP contribution is 2.47. The van der Waals surface area contributed by atoms with Crippen molar-refractivity contribution in [2.24, 2.45) is 0 Å². The molecule has 2 aliphatic rings. The summed E-state index contributed by atoms with van der Waals surface area (Å²) in [5, 5.41) is 13.5. The third-order valence-corrected chi connectivity index (χ3v) is 7.25. The number of hydrogen-bond donors (Lipinski definition) is 1. The number of β-lactam (4-membered cyclic amide) rings is 1. The summed E-state index contributed by atoms with van der Waals surface area (Å²) in [6, 6.07) is 5.57. The van der Waals surface area contributed by atoms with E-state index < -0.39 is 39.8 Å². The quantitative estimate of drug-likeness (QED) is 0.289. The molecule has 0 spiro atoms. The Morgan fingerprint density at radius 3 is 2.63 bits per heavy atom. The van der Waals surface area contributed by atoms with Crippen molar-refractivity contribution in [2.45, 2.75) is 34.3 Å². The van der Waals surface area contributed by atoms with Crippen LogP contribution in [-0.2, 0) is 14.3 Å². The zero-order chi connectivity index (χ0) is 25.7. The summed E-state index contributed by atoms with van der Waals surface area (Å²) in [7, 11) is 0. The standard InChI is InChI=1S/C21H17Cl4N3O6S/c1-9-7-13(19(30)33-8-21(23,24)25)27-17(29)16(18(27)35-9)28(20(31)32)15-10(2)34-26-14(15)11-5-3-4-6-12(11)22/h3-7,9,16,18H,8H2,1-2H3,(H,31,32)/t9?,16?,18-/m0/s1. The van der Waals surface area contributed by atoms with Gasteiger partial charge in [0.15, 0.2) is 5.76 Å². The first kappa shape index (κ1) is 26.0. The lowest BCUT2D eigenvalue weighted by Crippen LogP contribution is -2.71. The summed E-state index contributed by atoms with van der Waals surface area (Å²) in [5.74, 6) is -1.31. The van der Waals surface area contributed by atoms with E-state index in [0.717, 1.165) is 4.90 Å². The predicted octanol–water partition coefficient (Wildman–Crippen LogP) is 5.26. The lowest BCUT2D eigenvalue weighted by Gasteiger charge is -2.52. The Morgan fingerprint density at radius 1 is 1.31 bits per heavy atom. The number of benzene rings is 1. The van der Waals surface area contributed by atoms with Gasteiger partial charge < -0.3 is 14.4 Å². The number of anilines is 1. The summed E-state index contributed by atoms with van der Waals surface area (Å²) < 4.78 is 8.52. The zero-order valence-corrected chi connectivity index (χ0v) is 21.9. The summed E-state index contributed by atoms with van der Waals surface area (Å²) in [6.45, 7) is 2.82. The Hall–Kier alpha value is -2.11. The fraction of sp³-hybridized carbons (Fsp3) is 0.333. The number of aryl methyl sites for hydroxylation is 1. The highest BCUT2D eigenvalue weighted by molar-refractivity contribution is 8.00. The van der Waals surface area contributed by atoms with Crippen LogP contribution in [0.2, 0.25) is 5.02 Å². The zero-order valence-electron chi connectivity index (χ0n) is 18.1. The van der Waals surface area contributed by atoms with E-state index in [1.54, 1.807) is 37.3 Å². The Morgan fingerprint density at radius 2 is 2.00 bits per heavy atom. The van der Waals surface area contributed by atoms with E-state index in [1.807, 2.05) is 0 Å². The topological polar surface area (TPSA) is 113 Å². The highest BCUT2D eigenvalue weighted by atomic mass is 35.6. The second kappa shape index (κ2) is 9.74. The van der Waals surface area contributed by atoms with Gasteiger partial charge in [0, 0.05) is 10.8 Å². The van der Waals surface area contributed by atoms with Gasteiger partial charge in [-0.2, -0.15) is 0 Å². The molecule has 4 rings (SSSR count). The minimum Gasteiger partial charge on any atom is -0.465 e. The molecule has 35 heavy (non-hydrogen) atoms. The maximum atomic E-state index is 13.3. The van der Waals surface area contributed by atoms with Gasteiger partial charge in [0.1, 0.15) is 35.1 Å². The summed E-state index contributed by atoms with van der Waals surface area (Å²) >= 11 is 24.6. The van der Waals surface area contributed by atoms with E-state index in [1.165, 1.54) is 23.6 Å². The molecule has 186 valence electrons. The number of esters is 1. The molecular formula is C21H17Cl4N3O6S. The molecule has 1 fully saturated rings. The van der Waals surface area contributed by atoms with E-state index in [0.29, 0.717) is 10.6 Å². The lowest BCUT2D eigenvalue weighted by atomic mass is 10.0. The average Bonchev–Trinajstić information content (AvgIpc) is 3.15. The minimum absolute atomic E-state index is 0.0459. The number of hydrogen-bond acceptors (Lipinski definition) is 7. The number of carbonyl (C=O) groups is 3. The monoisotopic (exact) mass is 579 g/mol. The van der Waals surface area contributed by atoms with Gasteiger partial charge in [-0.15, -0.1) is 11.8 Å². The number of ether oxygens (including phenoxy) is 1. The van der Waals surface area contributed by atoms with Crippen LogP contribution in [0.25, 0.3) is 11.3 Å². The molecule has 0 aliphatic carbocycles. The summed E-state index contributed by atoms with van der Waals surface area (Å²) in [6.07, 6.45) is 0.145. The molecule has 1 aromatic carbocycles. The first-order chi connectivity index (χ1) is 16.4. The van der Waals surface area contributed by atoms with Gasteiger partial charge in [-0.25, -0.2) is 9.59 Å². The fourth-order valence-electron chi connectivity index (χ4n) is 3.86. The number of carboxylic acid groups (broad SMARTS) is 1. The molecule has 9 nitrogen and oxygen atoms in total. The maximum Gasteiger partial charge on any atom is 0.412 e. The third-order valence-electron chi connectivity index (χ3n) is 5.28. The number of fused-ring (bicyclic) bond motifs is 1. The minimum atomic E-state index is -1.83. The van der Waals surface area contributed by atoms with E-state index in [9.17, 15) is 19.5 Å². The fourth-order valence-corrected chi connectivity index (χ4v) is 5.62. The lowest BCUT2D eigenvalue weighted by molar-refractivity contribution is -0.150. The van der Waals surface area contributed by atoms with Crippen LogP contribution in [0.15, 0.2) is 40.6 Å². The number of thioether (sulfide) groups is 1. The molecule has 2 aliphatic heterocycles. The first-order valence-electron chi connectivity index (χ1n) is 10.1. The van der Waals surface area contributed by atoms with Crippen LogP contribution in [-0.4, -0.2) is 60.2 Å². The van der Waals surface area contributed by atoms with E-state index in [-0.39, 0.29) is 28.1 Å². The maximum absolute atomic E-state index is 13.3. The smallest absolute Gasteiger partial charge is 0.412 e. The first-order valence-corrected chi connectivity index (χ1v) is 12.5. The number of halogens is 4. The second-order valence-corrected chi connectivity index (χ2v) is 12.1. The Bertz CT molecular complexity index is 1230. The average molecular weight is 581 g/mol. The van der Waals surface area contributed by atoms with Crippen molar-refractivity contribution in [2.75, 3.05) is 11.5 Å². The molecule has 0 bridgehead atoms. The van der Waals surface area contributed by atoms with Crippen molar-refractivity contribution in [3.8, 4) is 11.3 Å². The SMILES string of the molecule is Cc1onc(-c2ccccc2Cl)c1N(C(=O)O)C1C(=O)N2C(C(=O)OCC(Cl)(Cl)Cl)=CC(C)S[C@@H]12.